The van der Waals surface area contributed by atoms with Crippen LogP contribution in [-0.4, -0.2) is 35.9 Å². The Balaban J connectivity index is 0.00000264. The molecule has 0 spiro atoms. The molecule has 0 aliphatic heterocycles. The molecule has 0 radical (unpaired) electrons. The van der Waals surface area contributed by atoms with Crippen molar-refractivity contribution in [3.63, 3.8) is 0 Å². The van der Waals surface area contributed by atoms with Crippen LogP contribution in [0.4, 0.5) is 0 Å². The van der Waals surface area contributed by atoms with Crippen LogP contribution in [-0.2, 0) is 19.9 Å². The fraction of sp³-hybridized carbons (Fsp3) is 0.500. The van der Waals surface area contributed by atoms with Crippen molar-refractivity contribution in [2.75, 3.05) is 20.1 Å². The second-order valence-corrected chi connectivity index (χ2v) is 5.28. The fourth-order valence-corrected chi connectivity index (χ4v) is 2.46. The van der Waals surface area contributed by atoms with E-state index in [1.165, 1.54) is 11.3 Å². The van der Waals surface area contributed by atoms with Gasteiger partial charge in [0, 0.05) is 39.3 Å². The van der Waals surface area contributed by atoms with Crippen molar-refractivity contribution in [3.05, 3.63) is 41.1 Å². The Morgan fingerprint density at radius 3 is 2.48 bits per heavy atom. The van der Waals surface area contributed by atoms with Crippen molar-refractivity contribution in [3.8, 4) is 0 Å². The Bertz CT molecular complexity index is 619. The maximum atomic E-state index is 5.31. The topological polar surface area (TPSA) is 67.4 Å². The molecule has 0 amide bonds. The summed E-state index contributed by atoms with van der Waals surface area (Å²) < 4.78 is 7.24. The minimum absolute atomic E-state index is 0. The molecule has 6 nitrogen and oxygen atoms in total. The van der Waals surface area contributed by atoms with Crippen LogP contribution in [0.2, 0.25) is 0 Å². The summed E-state index contributed by atoms with van der Waals surface area (Å²) in [5.74, 6) is 1.79. The van der Waals surface area contributed by atoms with E-state index in [1.54, 1.807) is 13.3 Å². The molecule has 0 unspecified atom stereocenters. The number of aromatic nitrogens is 2. The van der Waals surface area contributed by atoms with Crippen molar-refractivity contribution < 1.29 is 4.42 Å². The van der Waals surface area contributed by atoms with Crippen LogP contribution in [0.25, 0.3) is 0 Å². The third-order valence-corrected chi connectivity index (χ3v) is 3.79. The number of halogens is 1. The van der Waals surface area contributed by atoms with Gasteiger partial charge >= 0.3 is 0 Å². The first-order valence-corrected chi connectivity index (χ1v) is 7.57. The van der Waals surface area contributed by atoms with E-state index < -0.39 is 0 Å². The summed E-state index contributed by atoms with van der Waals surface area (Å²) in [7, 11) is 3.76. The lowest BCUT2D eigenvalue weighted by atomic mass is 10.1. The maximum absolute atomic E-state index is 5.31. The highest BCUT2D eigenvalue weighted by atomic mass is 127. The van der Waals surface area contributed by atoms with E-state index in [0.29, 0.717) is 0 Å². The van der Waals surface area contributed by atoms with E-state index in [0.717, 1.165) is 43.3 Å². The minimum Gasteiger partial charge on any atom is -0.469 e. The van der Waals surface area contributed by atoms with Crippen LogP contribution >= 0.6 is 24.0 Å². The molecule has 0 fully saturated rings. The second-order valence-electron chi connectivity index (χ2n) is 5.28. The van der Waals surface area contributed by atoms with E-state index in [-0.39, 0.29) is 24.0 Å². The number of aryl methyl sites for hydroxylation is 2. The first-order chi connectivity index (χ1) is 10.6. The number of nitrogens with one attached hydrogen (secondary N) is 2. The van der Waals surface area contributed by atoms with E-state index in [1.807, 2.05) is 23.9 Å². The van der Waals surface area contributed by atoms with Crippen molar-refractivity contribution in [1.29, 1.82) is 0 Å². The maximum Gasteiger partial charge on any atom is 0.191 e. The molecule has 128 valence electrons. The molecular weight excluding hydrogens is 405 g/mol. The summed E-state index contributed by atoms with van der Waals surface area (Å²) in [6.07, 6.45) is 3.47. The van der Waals surface area contributed by atoms with Gasteiger partial charge in [0.25, 0.3) is 0 Å². The number of nitrogens with zero attached hydrogens (tertiary/aromatic N) is 3. The number of hydrogen-bond donors (Lipinski definition) is 2. The number of rotatable bonds is 6. The lowest BCUT2D eigenvalue weighted by Gasteiger charge is -2.11. The molecule has 7 heteroatoms. The number of hydrogen-bond acceptors (Lipinski definition) is 3. The van der Waals surface area contributed by atoms with Gasteiger partial charge in [-0.1, -0.05) is 0 Å². The average Bonchev–Trinajstić information content (AvgIpc) is 3.09. The van der Waals surface area contributed by atoms with Gasteiger partial charge in [-0.2, -0.15) is 5.10 Å². The zero-order valence-corrected chi connectivity index (χ0v) is 16.5. The average molecular weight is 431 g/mol. The molecular formula is C16H26IN5O. The highest BCUT2D eigenvalue weighted by Crippen LogP contribution is 2.11. The van der Waals surface area contributed by atoms with E-state index in [2.05, 4.69) is 34.6 Å². The summed E-state index contributed by atoms with van der Waals surface area (Å²) in [6.45, 7) is 5.77. The summed E-state index contributed by atoms with van der Waals surface area (Å²) in [5.41, 5.74) is 3.63. The van der Waals surface area contributed by atoms with Gasteiger partial charge < -0.3 is 15.1 Å². The van der Waals surface area contributed by atoms with Gasteiger partial charge in [-0.05, 0) is 38.0 Å². The number of furan rings is 1. The zero-order valence-electron chi connectivity index (χ0n) is 14.2. The van der Waals surface area contributed by atoms with Crippen molar-refractivity contribution in [2.45, 2.75) is 26.7 Å². The number of guanidine groups is 1. The summed E-state index contributed by atoms with van der Waals surface area (Å²) in [6, 6.07) is 3.88. The third-order valence-electron chi connectivity index (χ3n) is 3.79. The lowest BCUT2D eigenvalue weighted by molar-refractivity contribution is 0.507. The van der Waals surface area contributed by atoms with Gasteiger partial charge in [-0.25, -0.2) is 0 Å². The van der Waals surface area contributed by atoms with Gasteiger partial charge in [0.15, 0.2) is 5.96 Å². The van der Waals surface area contributed by atoms with Gasteiger partial charge in [0.05, 0.1) is 12.0 Å². The minimum atomic E-state index is 0. The van der Waals surface area contributed by atoms with E-state index in [4.69, 9.17) is 4.42 Å². The zero-order chi connectivity index (χ0) is 15.9. The van der Waals surface area contributed by atoms with Gasteiger partial charge in [0.1, 0.15) is 5.76 Å². The molecule has 2 aromatic heterocycles. The Labute approximate surface area is 154 Å². The van der Waals surface area contributed by atoms with Crippen molar-refractivity contribution in [2.24, 2.45) is 12.0 Å². The highest BCUT2D eigenvalue weighted by Gasteiger charge is 2.09. The van der Waals surface area contributed by atoms with Crippen LogP contribution in [0.15, 0.2) is 27.8 Å². The Morgan fingerprint density at radius 1 is 1.26 bits per heavy atom. The molecule has 2 heterocycles. The molecule has 0 aliphatic carbocycles. The molecule has 2 rings (SSSR count). The number of aliphatic imine (C=N–C) groups is 1. The lowest BCUT2D eigenvalue weighted by Crippen LogP contribution is -2.39. The molecule has 2 aromatic rings. The Kier molecular flexibility index (Phi) is 8.15. The molecule has 0 saturated carbocycles. The molecule has 0 aromatic carbocycles. The normalized spacial score (nSPS) is 11.2. The van der Waals surface area contributed by atoms with Crippen LogP contribution in [0, 0.1) is 13.8 Å². The van der Waals surface area contributed by atoms with Gasteiger partial charge in [-0.3, -0.25) is 9.67 Å². The van der Waals surface area contributed by atoms with Crippen LogP contribution in [0.3, 0.4) is 0 Å². The highest BCUT2D eigenvalue weighted by molar-refractivity contribution is 14.0. The molecule has 0 atom stereocenters. The summed E-state index contributed by atoms with van der Waals surface area (Å²) in [4.78, 5) is 4.23. The molecule has 0 saturated heterocycles. The molecule has 0 bridgehead atoms. The predicted molar refractivity (Wildman–Crippen MR) is 104 cm³/mol. The van der Waals surface area contributed by atoms with Crippen LogP contribution < -0.4 is 10.6 Å². The Morgan fingerprint density at radius 2 is 1.96 bits per heavy atom. The van der Waals surface area contributed by atoms with Gasteiger partial charge in [-0.15, -0.1) is 24.0 Å². The monoisotopic (exact) mass is 431 g/mol. The Hall–Kier alpha value is -1.51. The van der Waals surface area contributed by atoms with Gasteiger partial charge in [0.2, 0.25) is 0 Å². The summed E-state index contributed by atoms with van der Waals surface area (Å²) >= 11 is 0. The third kappa shape index (κ3) is 5.56. The molecule has 0 aliphatic rings. The summed E-state index contributed by atoms with van der Waals surface area (Å²) in [5, 5.41) is 11.1. The van der Waals surface area contributed by atoms with E-state index in [9.17, 15) is 0 Å². The second kappa shape index (κ2) is 9.59. The first-order valence-electron chi connectivity index (χ1n) is 7.57. The molecule has 2 N–H and O–H groups in total. The SMILES string of the molecule is CN=C(NCCc1ccco1)NCCc1c(C)nn(C)c1C.I. The van der Waals surface area contributed by atoms with E-state index >= 15 is 0 Å². The quantitative estimate of drug-likeness (QED) is 0.418. The predicted octanol–water partition coefficient (Wildman–Crippen LogP) is 2.20. The smallest absolute Gasteiger partial charge is 0.191 e. The van der Waals surface area contributed by atoms with Crippen molar-refractivity contribution in [1.82, 2.24) is 20.4 Å². The van der Waals surface area contributed by atoms with Crippen LogP contribution in [0.5, 0.6) is 0 Å². The van der Waals surface area contributed by atoms with Crippen molar-refractivity contribution >= 4 is 29.9 Å². The largest absolute Gasteiger partial charge is 0.469 e. The standard InChI is InChI=1S/C16H25N5O.HI/c1-12-15(13(2)21(4)20-12)8-10-19-16(17-3)18-9-7-14-6-5-11-22-14;/h5-6,11H,7-10H2,1-4H3,(H2,17,18,19);1H. The van der Waals surface area contributed by atoms with Crippen LogP contribution in [0.1, 0.15) is 22.7 Å². The fourth-order valence-electron chi connectivity index (χ4n) is 2.46. The molecule has 23 heavy (non-hydrogen) atoms. The first kappa shape index (κ1) is 19.5.